The molecule has 3 N–H and O–H groups in total. The smallest absolute Gasteiger partial charge is 0.437 e. The molecule has 2 aromatic carbocycles. The normalized spacial score (nSPS) is 11.4. The Labute approximate surface area is 191 Å². The number of alkyl halides is 3. The number of amides is 2. The van der Waals surface area contributed by atoms with E-state index in [-0.39, 0.29) is 17.8 Å². The summed E-state index contributed by atoms with van der Waals surface area (Å²) in [6.45, 7) is 0.0307. The van der Waals surface area contributed by atoms with Crippen molar-refractivity contribution in [2.45, 2.75) is 12.7 Å². The number of nitrogens with zero attached hydrogens (tertiary/aromatic N) is 3. The van der Waals surface area contributed by atoms with Gasteiger partial charge in [0.25, 0.3) is 5.91 Å². The summed E-state index contributed by atoms with van der Waals surface area (Å²) in [4.78, 5) is 28.8. The molecule has 34 heavy (non-hydrogen) atoms. The van der Waals surface area contributed by atoms with Gasteiger partial charge in [-0.05, 0) is 29.8 Å². The van der Waals surface area contributed by atoms with Crippen LogP contribution in [-0.4, -0.2) is 33.7 Å². The summed E-state index contributed by atoms with van der Waals surface area (Å²) >= 11 is 0. The van der Waals surface area contributed by atoms with Crippen molar-refractivity contribution in [2.24, 2.45) is 5.73 Å². The van der Waals surface area contributed by atoms with Gasteiger partial charge in [-0.15, -0.1) is 0 Å². The quantitative estimate of drug-likeness (QED) is 0.445. The minimum atomic E-state index is -4.82. The number of ether oxygens (including phenoxy) is 1. The molecular formula is C23H18F3N5O3. The SMILES string of the molecule is COc1ccc(Cn2cc(NC(=O)c3cc(C(N)=O)c4ccccc4n3)c(C(F)(F)F)n2)cc1. The first-order chi connectivity index (χ1) is 16.2. The van der Waals surface area contributed by atoms with E-state index in [1.807, 2.05) is 0 Å². The minimum Gasteiger partial charge on any atom is -0.497 e. The van der Waals surface area contributed by atoms with E-state index in [4.69, 9.17) is 10.5 Å². The van der Waals surface area contributed by atoms with Crippen molar-refractivity contribution in [3.8, 4) is 5.75 Å². The zero-order chi connectivity index (χ0) is 24.5. The van der Waals surface area contributed by atoms with Gasteiger partial charge in [-0.2, -0.15) is 18.3 Å². The van der Waals surface area contributed by atoms with Crippen LogP contribution in [0.25, 0.3) is 10.9 Å². The molecule has 0 aliphatic carbocycles. The Kier molecular flexibility index (Phi) is 5.93. The van der Waals surface area contributed by atoms with Crippen LogP contribution in [0.4, 0.5) is 18.9 Å². The first-order valence-corrected chi connectivity index (χ1v) is 9.94. The molecule has 8 nitrogen and oxygen atoms in total. The highest BCUT2D eigenvalue weighted by Gasteiger charge is 2.38. The second-order valence-corrected chi connectivity index (χ2v) is 7.33. The Morgan fingerprint density at radius 2 is 1.82 bits per heavy atom. The summed E-state index contributed by atoms with van der Waals surface area (Å²) < 4.78 is 47.0. The maximum atomic E-state index is 13.6. The second kappa shape index (κ2) is 8.85. The molecular weight excluding hydrogens is 451 g/mol. The van der Waals surface area contributed by atoms with Crippen LogP contribution in [0.3, 0.4) is 0 Å². The number of hydrogen-bond donors (Lipinski definition) is 2. The molecule has 2 heterocycles. The number of nitrogens with two attached hydrogens (primary N) is 1. The van der Waals surface area contributed by atoms with Gasteiger partial charge in [-0.3, -0.25) is 14.3 Å². The number of rotatable bonds is 6. The van der Waals surface area contributed by atoms with Gasteiger partial charge in [0.15, 0.2) is 5.69 Å². The Balaban J connectivity index is 1.66. The number of fused-ring (bicyclic) bond motifs is 1. The highest BCUT2D eigenvalue weighted by molar-refractivity contribution is 6.10. The van der Waals surface area contributed by atoms with Crippen molar-refractivity contribution in [1.82, 2.24) is 14.8 Å². The largest absolute Gasteiger partial charge is 0.497 e. The molecule has 4 aromatic rings. The van der Waals surface area contributed by atoms with E-state index in [9.17, 15) is 22.8 Å². The summed E-state index contributed by atoms with van der Waals surface area (Å²) in [6.07, 6.45) is -3.73. The van der Waals surface area contributed by atoms with Crippen molar-refractivity contribution in [1.29, 1.82) is 0 Å². The van der Waals surface area contributed by atoms with Gasteiger partial charge >= 0.3 is 6.18 Å². The zero-order valence-corrected chi connectivity index (χ0v) is 17.8. The van der Waals surface area contributed by atoms with Crippen molar-refractivity contribution in [3.63, 3.8) is 0 Å². The lowest BCUT2D eigenvalue weighted by molar-refractivity contribution is -0.140. The lowest BCUT2D eigenvalue weighted by Crippen LogP contribution is -2.19. The Bertz CT molecular complexity index is 1380. The maximum Gasteiger partial charge on any atom is 0.437 e. The first-order valence-electron chi connectivity index (χ1n) is 9.94. The zero-order valence-electron chi connectivity index (χ0n) is 17.8. The highest BCUT2D eigenvalue weighted by Crippen LogP contribution is 2.34. The summed E-state index contributed by atoms with van der Waals surface area (Å²) in [6, 6.07) is 14.4. The second-order valence-electron chi connectivity index (χ2n) is 7.33. The van der Waals surface area contributed by atoms with E-state index < -0.39 is 29.4 Å². The summed E-state index contributed by atoms with van der Waals surface area (Å²) in [5, 5.41) is 6.25. The summed E-state index contributed by atoms with van der Waals surface area (Å²) in [7, 11) is 1.50. The fraction of sp³-hybridized carbons (Fsp3) is 0.130. The van der Waals surface area contributed by atoms with Crippen molar-refractivity contribution >= 4 is 28.4 Å². The van der Waals surface area contributed by atoms with E-state index >= 15 is 0 Å². The Morgan fingerprint density at radius 1 is 1.12 bits per heavy atom. The topological polar surface area (TPSA) is 112 Å². The molecule has 174 valence electrons. The fourth-order valence-electron chi connectivity index (χ4n) is 3.40. The predicted octanol–water partition coefficient (Wildman–Crippen LogP) is 3.86. The molecule has 2 aromatic heterocycles. The molecule has 0 saturated heterocycles. The Morgan fingerprint density at radius 3 is 2.47 bits per heavy atom. The number of methoxy groups -OCH3 is 1. The van der Waals surface area contributed by atoms with E-state index in [1.54, 1.807) is 48.5 Å². The van der Waals surface area contributed by atoms with Gasteiger partial charge in [-0.1, -0.05) is 30.3 Å². The molecule has 2 amide bonds. The van der Waals surface area contributed by atoms with Gasteiger partial charge < -0.3 is 15.8 Å². The number of carbonyl (C=O) groups is 2. The number of nitrogens with one attached hydrogen (secondary N) is 1. The standard InChI is InChI=1S/C23H18F3N5O3/c1-34-14-8-6-13(7-9-14)11-31-12-19(20(30-31)23(24,25)26)29-22(33)18-10-16(21(27)32)15-4-2-3-5-17(15)28-18/h2-10,12H,11H2,1H3,(H2,27,32)(H,29,33). The van der Waals surface area contributed by atoms with Crippen LogP contribution in [-0.2, 0) is 12.7 Å². The van der Waals surface area contributed by atoms with Gasteiger partial charge in [0.1, 0.15) is 11.4 Å². The number of halogens is 3. The molecule has 11 heteroatoms. The van der Waals surface area contributed by atoms with Crippen LogP contribution >= 0.6 is 0 Å². The number of hydrogen-bond acceptors (Lipinski definition) is 5. The molecule has 4 rings (SSSR count). The average Bonchev–Trinajstić information content (AvgIpc) is 3.21. The molecule has 0 atom stereocenters. The number of primary amides is 1. The van der Waals surface area contributed by atoms with E-state index in [0.717, 1.165) is 16.9 Å². The fourth-order valence-corrected chi connectivity index (χ4v) is 3.40. The van der Waals surface area contributed by atoms with Crippen LogP contribution < -0.4 is 15.8 Å². The monoisotopic (exact) mass is 469 g/mol. The van der Waals surface area contributed by atoms with Crippen LogP contribution in [0.1, 0.15) is 32.1 Å². The van der Waals surface area contributed by atoms with Gasteiger partial charge in [0.2, 0.25) is 5.91 Å². The molecule has 0 aliphatic heterocycles. The molecule has 0 aliphatic rings. The number of pyridine rings is 1. The summed E-state index contributed by atoms with van der Waals surface area (Å²) in [5.74, 6) is -1.13. The van der Waals surface area contributed by atoms with E-state index in [2.05, 4.69) is 15.4 Å². The lowest BCUT2D eigenvalue weighted by Gasteiger charge is -2.09. The Hall–Kier alpha value is -4.41. The highest BCUT2D eigenvalue weighted by atomic mass is 19.4. The van der Waals surface area contributed by atoms with Gasteiger partial charge in [0, 0.05) is 11.6 Å². The molecule has 0 bridgehead atoms. The maximum absolute atomic E-state index is 13.6. The third-order valence-corrected chi connectivity index (χ3v) is 5.00. The lowest BCUT2D eigenvalue weighted by atomic mass is 10.1. The van der Waals surface area contributed by atoms with Crippen molar-refractivity contribution in [2.75, 3.05) is 12.4 Å². The molecule has 0 radical (unpaired) electrons. The molecule has 0 saturated carbocycles. The number of benzene rings is 2. The third kappa shape index (κ3) is 4.68. The average molecular weight is 469 g/mol. The van der Waals surface area contributed by atoms with Gasteiger partial charge in [-0.25, -0.2) is 4.98 Å². The van der Waals surface area contributed by atoms with Gasteiger partial charge in [0.05, 0.1) is 30.4 Å². The number of para-hydroxylation sites is 1. The van der Waals surface area contributed by atoms with E-state index in [0.29, 0.717) is 22.2 Å². The van der Waals surface area contributed by atoms with Crippen LogP contribution in [0.15, 0.2) is 60.8 Å². The molecule has 0 spiro atoms. The number of carbonyl (C=O) groups excluding carboxylic acids is 2. The van der Waals surface area contributed by atoms with Crippen molar-refractivity contribution in [3.05, 3.63) is 83.3 Å². The van der Waals surface area contributed by atoms with Crippen LogP contribution in [0.5, 0.6) is 5.75 Å². The third-order valence-electron chi connectivity index (χ3n) is 5.00. The number of aromatic nitrogens is 3. The number of anilines is 1. The molecule has 0 unspecified atom stereocenters. The minimum absolute atomic E-state index is 0.0296. The van der Waals surface area contributed by atoms with E-state index in [1.165, 1.54) is 7.11 Å². The predicted molar refractivity (Wildman–Crippen MR) is 118 cm³/mol. The van der Waals surface area contributed by atoms with Crippen LogP contribution in [0, 0.1) is 0 Å². The summed E-state index contributed by atoms with van der Waals surface area (Å²) in [5.41, 5.74) is 4.36. The van der Waals surface area contributed by atoms with Crippen molar-refractivity contribution < 1.29 is 27.5 Å². The molecule has 0 fully saturated rings. The van der Waals surface area contributed by atoms with Crippen LogP contribution in [0.2, 0.25) is 0 Å². The first kappa shape index (κ1) is 22.8.